The standard InChI is InChI=1S/C5H10O2S.Na.H/c1-4(2)3-8-5(6)7;;/h4H,3H2,1-2H3,(H,6,7);;/q;+1;-1. The molecular formula is C5H11NaO2S. The van der Waals surface area contributed by atoms with Crippen LogP contribution in [0, 0.1) is 5.92 Å². The molecule has 0 heterocycles. The molecule has 0 bridgehead atoms. The van der Waals surface area contributed by atoms with Crippen LogP contribution in [-0.4, -0.2) is 16.2 Å². The normalized spacial score (nSPS) is 8.78. The van der Waals surface area contributed by atoms with Crippen LogP contribution >= 0.6 is 11.8 Å². The van der Waals surface area contributed by atoms with Crippen LogP contribution in [0.5, 0.6) is 0 Å². The molecule has 2 nitrogen and oxygen atoms in total. The Morgan fingerprint density at radius 2 is 2.22 bits per heavy atom. The van der Waals surface area contributed by atoms with Gasteiger partial charge in [-0.3, -0.25) is 0 Å². The molecule has 50 valence electrons. The third-order valence-corrected chi connectivity index (χ3v) is 1.62. The van der Waals surface area contributed by atoms with E-state index in [1.165, 1.54) is 0 Å². The fourth-order valence-corrected chi connectivity index (χ4v) is 0.714. The molecule has 0 aliphatic heterocycles. The second-order valence-corrected chi connectivity index (χ2v) is 2.94. The van der Waals surface area contributed by atoms with Crippen molar-refractivity contribution in [2.75, 3.05) is 5.75 Å². The SMILES string of the molecule is CC(C)CSC(=O)O.[H-].[Na+]. The number of rotatable bonds is 2. The van der Waals surface area contributed by atoms with E-state index in [4.69, 9.17) is 5.11 Å². The minimum absolute atomic E-state index is 0. The molecule has 4 heteroatoms. The smallest absolute Gasteiger partial charge is 1.00 e. The minimum atomic E-state index is -0.779. The van der Waals surface area contributed by atoms with Crippen LogP contribution in [0.25, 0.3) is 0 Å². The molecule has 0 aliphatic carbocycles. The first-order valence-corrected chi connectivity index (χ1v) is 3.47. The van der Waals surface area contributed by atoms with Crippen LogP contribution in [0.2, 0.25) is 0 Å². The molecule has 0 atom stereocenters. The van der Waals surface area contributed by atoms with Gasteiger partial charge in [0.05, 0.1) is 0 Å². The van der Waals surface area contributed by atoms with E-state index in [0.717, 1.165) is 11.8 Å². The molecule has 0 rings (SSSR count). The average molecular weight is 158 g/mol. The molecule has 0 fully saturated rings. The second-order valence-electron chi connectivity index (χ2n) is 1.97. The maximum atomic E-state index is 9.87. The van der Waals surface area contributed by atoms with Gasteiger partial charge in [0.15, 0.2) is 0 Å². The van der Waals surface area contributed by atoms with Gasteiger partial charge < -0.3 is 6.53 Å². The number of carboxylic acid groups (broad SMARTS) is 1. The Morgan fingerprint density at radius 1 is 1.78 bits per heavy atom. The zero-order valence-corrected chi connectivity index (χ0v) is 8.86. The van der Waals surface area contributed by atoms with Crippen molar-refractivity contribution in [1.29, 1.82) is 0 Å². The monoisotopic (exact) mass is 158 g/mol. The van der Waals surface area contributed by atoms with Crippen molar-refractivity contribution in [1.82, 2.24) is 0 Å². The van der Waals surface area contributed by atoms with Gasteiger partial charge in [0.25, 0.3) is 0 Å². The number of hydrogen-bond donors (Lipinski definition) is 1. The fourth-order valence-electron chi connectivity index (χ4n) is 0.238. The van der Waals surface area contributed by atoms with Crippen LogP contribution in [0.4, 0.5) is 4.79 Å². The molecule has 0 radical (unpaired) electrons. The zero-order chi connectivity index (χ0) is 6.57. The molecule has 0 aromatic heterocycles. The molecule has 0 aromatic carbocycles. The summed E-state index contributed by atoms with van der Waals surface area (Å²) in [6, 6.07) is 0. The topological polar surface area (TPSA) is 37.3 Å². The fraction of sp³-hybridized carbons (Fsp3) is 0.800. The summed E-state index contributed by atoms with van der Waals surface area (Å²) in [6.07, 6.45) is 0. The summed E-state index contributed by atoms with van der Waals surface area (Å²) in [4.78, 5) is 9.87. The molecule has 9 heavy (non-hydrogen) atoms. The largest absolute Gasteiger partial charge is 1.00 e. The van der Waals surface area contributed by atoms with E-state index in [-0.39, 0.29) is 31.0 Å². The third-order valence-electron chi connectivity index (χ3n) is 0.540. The van der Waals surface area contributed by atoms with Gasteiger partial charge in [0.1, 0.15) is 0 Å². The Balaban J connectivity index is -0.000000245. The summed E-state index contributed by atoms with van der Waals surface area (Å²) >= 11 is 0.956. The average Bonchev–Trinajstić information content (AvgIpc) is 1.61. The van der Waals surface area contributed by atoms with Crippen molar-refractivity contribution in [2.24, 2.45) is 5.92 Å². The first kappa shape index (κ1) is 12.5. The van der Waals surface area contributed by atoms with Gasteiger partial charge in [-0.25, -0.2) is 4.79 Å². The maximum Gasteiger partial charge on any atom is 1.00 e. The first-order valence-electron chi connectivity index (χ1n) is 2.48. The van der Waals surface area contributed by atoms with E-state index in [1.807, 2.05) is 13.8 Å². The molecule has 0 aromatic rings. The predicted molar refractivity (Wildman–Crippen MR) is 36.4 cm³/mol. The van der Waals surface area contributed by atoms with Gasteiger partial charge in [-0.15, -0.1) is 0 Å². The van der Waals surface area contributed by atoms with Gasteiger partial charge in [-0.05, 0) is 17.7 Å². The maximum absolute atomic E-state index is 9.87. The molecule has 1 N–H and O–H groups in total. The van der Waals surface area contributed by atoms with Crippen LogP contribution in [0.15, 0.2) is 0 Å². The van der Waals surface area contributed by atoms with E-state index < -0.39 is 5.30 Å². The summed E-state index contributed by atoms with van der Waals surface area (Å²) in [5.41, 5.74) is 0. The minimum Gasteiger partial charge on any atom is -1.00 e. The van der Waals surface area contributed by atoms with Gasteiger partial charge in [0.2, 0.25) is 0 Å². The van der Waals surface area contributed by atoms with E-state index in [1.54, 1.807) is 0 Å². The molecule has 0 aliphatic rings. The van der Waals surface area contributed by atoms with E-state index in [9.17, 15) is 4.79 Å². The van der Waals surface area contributed by atoms with E-state index in [0.29, 0.717) is 11.7 Å². The van der Waals surface area contributed by atoms with Gasteiger partial charge in [-0.1, -0.05) is 13.8 Å². The number of thioether (sulfide) groups is 1. The number of carbonyl (C=O) groups is 1. The summed E-state index contributed by atoms with van der Waals surface area (Å²) in [7, 11) is 0. The number of hydrogen-bond acceptors (Lipinski definition) is 2. The molecule has 0 amide bonds. The Bertz CT molecular complexity index is 89.7. The Labute approximate surface area is 83.2 Å². The Morgan fingerprint density at radius 3 is 2.33 bits per heavy atom. The van der Waals surface area contributed by atoms with Crippen LogP contribution < -0.4 is 29.6 Å². The van der Waals surface area contributed by atoms with Gasteiger partial charge in [-0.2, -0.15) is 0 Å². The summed E-state index contributed by atoms with van der Waals surface area (Å²) < 4.78 is 0. The Kier molecular flexibility index (Phi) is 9.62. The van der Waals surface area contributed by atoms with Crippen molar-refractivity contribution in [2.45, 2.75) is 13.8 Å². The summed E-state index contributed by atoms with van der Waals surface area (Å²) in [5, 5.41) is 7.35. The van der Waals surface area contributed by atoms with Crippen LogP contribution in [-0.2, 0) is 0 Å². The van der Waals surface area contributed by atoms with Crippen molar-refractivity contribution in [3.63, 3.8) is 0 Å². The van der Waals surface area contributed by atoms with Crippen molar-refractivity contribution in [3.05, 3.63) is 0 Å². The van der Waals surface area contributed by atoms with Crippen molar-refractivity contribution >= 4 is 17.1 Å². The molecule has 0 spiro atoms. The van der Waals surface area contributed by atoms with Crippen LogP contribution in [0.1, 0.15) is 15.3 Å². The van der Waals surface area contributed by atoms with E-state index in [2.05, 4.69) is 0 Å². The molecule has 0 saturated carbocycles. The summed E-state index contributed by atoms with van der Waals surface area (Å²) in [6.45, 7) is 3.99. The predicted octanol–water partition coefficient (Wildman–Crippen LogP) is -0.830. The van der Waals surface area contributed by atoms with Gasteiger partial charge in [0, 0.05) is 5.75 Å². The molecular weight excluding hydrogens is 147 g/mol. The third kappa shape index (κ3) is 12.1. The van der Waals surface area contributed by atoms with Crippen LogP contribution in [0.3, 0.4) is 0 Å². The Hall–Kier alpha value is 0.820. The van der Waals surface area contributed by atoms with Crippen molar-refractivity contribution < 1.29 is 40.9 Å². The zero-order valence-electron chi connectivity index (χ0n) is 7.05. The van der Waals surface area contributed by atoms with E-state index >= 15 is 0 Å². The quantitative estimate of drug-likeness (QED) is 0.533. The molecule has 0 unspecified atom stereocenters. The van der Waals surface area contributed by atoms with Crippen molar-refractivity contribution in [3.8, 4) is 0 Å². The molecule has 0 saturated heterocycles. The second kappa shape index (κ2) is 6.93. The first-order chi connectivity index (χ1) is 3.63. The summed E-state index contributed by atoms with van der Waals surface area (Å²) in [5.74, 6) is 1.17. The van der Waals surface area contributed by atoms with Gasteiger partial charge >= 0.3 is 34.9 Å².